The largest absolute Gasteiger partial charge is 0.459 e. The predicted molar refractivity (Wildman–Crippen MR) is 72.3 cm³/mol. The van der Waals surface area contributed by atoms with E-state index >= 15 is 0 Å². The summed E-state index contributed by atoms with van der Waals surface area (Å²) in [6.45, 7) is -0.686. The van der Waals surface area contributed by atoms with Crippen LogP contribution < -0.4 is 0 Å². The van der Waals surface area contributed by atoms with Gasteiger partial charge in [0.15, 0.2) is 6.10 Å². The first-order valence-electron chi connectivity index (χ1n) is 6.43. The molecule has 1 N–H and O–H groups in total. The second kappa shape index (κ2) is 6.48. The van der Waals surface area contributed by atoms with Crippen molar-refractivity contribution in [1.29, 1.82) is 0 Å². The Kier molecular flexibility index (Phi) is 4.99. The van der Waals surface area contributed by atoms with Crippen LogP contribution in [0.3, 0.4) is 0 Å². The number of aliphatic hydroxyl groups is 1. The van der Waals surface area contributed by atoms with E-state index in [1.807, 2.05) is 0 Å². The molecule has 3 atom stereocenters. The molecular formula is C13H14F2O7S. The quantitative estimate of drug-likeness (QED) is 0.610. The molecule has 0 radical (unpaired) electrons. The van der Waals surface area contributed by atoms with E-state index in [0.717, 1.165) is 0 Å². The zero-order valence-electron chi connectivity index (χ0n) is 11.9. The predicted octanol–water partition coefficient (Wildman–Crippen LogP) is 0.541. The van der Waals surface area contributed by atoms with Crippen molar-refractivity contribution in [3.63, 3.8) is 0 Å². The zero-order valence-corrected chi connectivity index (χ0v) is 12.7. The van der Waals surface area contributed by atoms with E-state index in [-0.39, 0.29) is 5.56 Å². The topological polar surface area (TPSA) is 99.1 Å². The van der Waals surface area contributed by atoms with E-state index in [1.54, 1.807) is 18.2 Å². The Labute approximate surface area is 130 Å². The van der Waals surface area contributed by atoms with Crippen LogP contribution in [0.1, 0.15) is 10.4 Å². The second-order valence-electron chi connectivity index (χ2n) is 4.89. The van der Waals surface area contributed by atoms with Gasteiger partial charge in [-0.1, -0.05) is 18.2 Å². The summed E-state index contributed by atoms with van der Waals surface area (Å²) in [5.74, 6) is -4.76. The summed E-state index contributed by atoms with van der Waals surface area (Å²) in [5, 5.41) is 9.53. The minimum atomic E-state index is -4.22. The maximum absolute atomic E-state index is 13.7. The van der Waals surface area contributed by atoms with Crippen molar-refractivity contribution in [3.05, 3.63) is 35.9 Å². The lowest BCUT2D eigenvalue weighted by atomic mass is 10.1. The maximum atomic E-state index is 13.7. The molecule has 1 heterocycles. The third-order valence-electron chi connectivity index (χ3n) is 3.01. The van der Waals surface area contributed by atoms with Gasteiger partial charge in [-0.15, -0.1) is 0 Å². The molecule has 0 saturated carbocycles. The van der Waals surface area contributed by atoms with Gasteiger partial charge in [-0.05, 0) is 12.1 Å². The van der Waals surface area contributed by atoms with Crippen LogP contribution in [0.4, 0.5) is 8.78 Å². The Morgan fingerprint density at radius 2 is 1.96 bits per heavy atom. The molecule has 1 aliphatic heterocycles. The summed E-state index contributed by atoms with van der Waals surface area (Å²) in [6.07, 6.45) is -5.91. The zero-order chi connectivity index (χ0) is 17.3. The summed E-state index contributed by atoms with van der Waals surface area (Å²) in [7, 11) is -4.22. The van der Waals surface area contributed by atoms with Crippen molar-refractivity contribution in [2.24, 2.45) is 0 Å². The van der Waals surface area contributed by atoms with E-state index in [2.05, 4.69) is 8.92 Å². The number of halogens is 2. The highest BCUT2D eigenvalue weighted by atomic mass is 32.2. The maximum Gasteiger partial charge on any atom is 0.338 e. The Balaban J connectivity index is 2.00. The molecule has 2 unspecified atom stereocenters. The Hall–Kier alpha value is -1.62. The molecule has 23 heavy (non-hydrogen) atoms. The molecular weight excluding hydrogens is 338 g/mol. The molecule has 1 fully saturated rings. The molecule has 1 saturated heterocycles. The van der Waals surface area contributed by atoms with E-state index in [9.17, 15) is 27.1 Å². The van der Waals surface area contributed by atoms with Crippen LogP contribution in [0, 0.1) is 0 Å². The van der Waals surface area contributed by atoms with Crippen molar-refractivity contribution < 1.29 is 40.8 Å². The number of carbonyl (C=O) groups excluding carboxylic acids is 1. The van der Waals surface area contributed by atoms with Crippen LogP contribution in [0.5, 0.6) is 0 Å². The standard InChI is InChI=1S/C13H14F2O7S/c1-23(18,19)22-12-13(14,15)10(16)9(21-12)7-20-11(17)8-5-3-2-4-6-8/h2-6,9-10,12,16H,7H2,1H3/t9-,10?,12?/m1/s1. The van der Waals surface area contributed by atoms with Gasteiger partial charge in [-0.25, -0.2) is 8.98 Å². The second-order valence-corrected chi connectivity index (χ2v) is 6.49. The van der Waals surface area contributed by atoms with Crippen LogP contribution in [0.25, 0.3) is 0 Å². The molecule has 0 spiro atoms. The van der Waals surface area contributed by atoms with Crippen molar-refractivity contribution in [2.45, 2.75) is 24.4 Å². The smallest absolute Gasteiger partial charge is 0.338 e. The lowest BCUT2D eigenvalue weighted by Crippen LogP contribution is -2.42. The van der Waals surface area contributed by atoms with Crippen LogP contribution in [0.15, 0.2) is 30.3 Å². The molecule has 1 aliphatic rings. The highest BCUT2D eigenvalue weighted by Gasteiger charge is 2.60. The SMILES string of the molecule is CS(=O)(=O)OC1O[C@H](COC(=O)c2ccccc2)C(O)C1(F)F. The molecule has 0 aliphatic carbocycles. The highest BCUT2D eigenvalue weighted by molar-refractivity contribution is 7.86. The van der Waals surface area contributed by atoms with Crippen LogP contribution in [-0.4, -0.2) is 56.8 Å². The Bertz CT molecular complexity index is 662. The summed E-state index contributed by atoms with van der Waals surface area (Å²) in [4.78, 5) is 11.7. The lowest BCUT2D eigenvalue weighted by Gasteiger charge is -2.18. The van der Waals surface area contributed by atoms with E-state index in [4.69, 9.17) is 4.74 Å². The van der Waals surface area contributed by atoms with E-state index < -0.39 is 47.1 Å². The average molecular weight is 352 g/mol. The van der Waals surface area contributed by atoms with Gasteiger partial charge in [0.25, 0.3) is 10.1 Å². The lowest BCUT2D eigenvalue weighted by molar-refractivity contribution is -0.182. The van der Waals surface area contributed by atoms with Crippen LogP contribution in [0.2, 0.25) is 0 Å². The molecule has 0 amide bonds. The third-order valence-corrected chi connectivity index (χ3v) is 3.53. The minimum Gasteiger partial charge on any atom is -0.459 e. The third kappa shape index (κ3) is 4.22. The van der Waals surface area contributed by atoms with Gasteiger partial charge in [-0.2, -0.15) is 17.2 Å². The van der Waals surface area contributed by atoms with Gasteiger partial charge in [0.1, 0.15) is 12.7 Å². The first-order valence-corrected chi connectivity index (χ1v) is 8.24. The van der Waals surface area contributed by atoms with Crippen molar-refractivity contribution in [3.8, 4) is 0 Å². The monoisotopic (exact) mass is 352 g/mol. The van der Waals surface area contributed by atoms with Gasteiger partial charge in [0, 0.05) is 0 Å². The van der Waals surface area contributed by atoms with Crippen LogP contribution >= 0.6 is 0 Å². The fourth-order valence-electron chi connectivity index (χ4n) is 1.90. The summed E-state index contributed by atoms with van der Waals surface area (Å²) in [5.41, 5.74) is 0.190. The van der Waals surface area contributed by atoms with Gasteiger partial charge < -0.3 is 14.6 Å². The number of esters is 1. The van der Waals surface area contributed by atoms with Crippen molar-refractivity contribution >= 4 is 16.1 Å². The van der Waals surface area contributed by atoms with Gasteiger partial charge in [0.2, 0.25) is 6.29 Å². The summed E-state index contributed by atoms with van der Waals surface area (Å²) < 4.78 is 62.9. The van der Waals surface area contributed by atoms with Crippen molar-refractivity contribution in [2.75, 3.05) is 12.9 Å². The number of aliphatic hydroxyl groups excluding tert-OH is 1. The molecule has 1 aromatic rings. The molecule has 2 rings (SSSR count). The average Bonchev–Trinajstić information content (AvgIpc) is 2.68. The van der Waals surface area contributed by atoms with Gasteiger partial charge >= 0.3 is 11.9 Å². The molecule has 0 aromatic heterocycles. The number of rotatable bonds is 5. The Morgan fingerprint density at radius 1 is 1.35 bits per heavy atom. The molecule has 1 aromatic carbocycles. The molecule has 7 nitrogen and oxygen atoms in total. The highest BCUT2D eigenvalue weighted by Crippen LogP contribution is 2.37. The summed E-state index contributed by atoms with van der Waals surface area (Å²) in [6, 6.07) is 7.76. The van der Waals surface area contributed by atoms with E-state index in [1.165, 1.54) is 12.1 Å². The molecule has 0 bridgehead atoms. The number of hydrogen-bond acceptors (Lipinski definition) is 7. The first-order chi connectivity index (χ1) is 10.6. The normalized spacial score (nSPS) is 26.9. The van der Waals surface area contributed by atoms with Gasteiger partial charge in [0.05, 0.1) is 11.8 Å². The molecule has 10 heteroatoms. The Morgan fingerprint density at radius 3 is 2.52 bits per heavy atom. The van der Waals surface area contributed by atoms with Crippen molar-refractivity contribution in [1.82, 2.24) is 0 Å². The number of ether oxygens (including phenoxy) is 2. The van der Waals surface area contributed by atoms with E-state index in [0.29, 0.717) is 6.26 Å². The summed E-state index contributed by atoms with van der Waals surface area (Å²) >= 11 is 0. The first kappa shape index (κ1) is 17.7. The van der Waals surface area contributed by atoms with Gasteiger partial charge in [-0.3, -0.25) is 0 Å². The number of alkyl halides is 2. The van der Waals surface area contributed by atoms with Crippen LogP contribution in [-0.2, 0) is 23.8 Å². The fourth-order valence-corrected chi connectivity index (χ4v) is 2.39. The molecule has 128 valence electrons. The number of carbonyl (C=O) groups is 1. The number of hydrogen-bond donors (Lipinski definition) is 1. The fraction of sp³-hybridized carbons (Fsp3) is 0.462. The number of benzene rings is 1. The minimum absolute atomic E-state index is 0.190.